The first-order valence-corrected chi connectivity index (χ1v) is 7.24. The van der Waals surface area contributed by atoms with Crippen LogP contribution >= 0.6 is 0 Å². The molecule has 7 heteroatoms. The molecule has 0 atom stereocenters. The zero-order chi connectivity index (χ0) is 14.5. The van der Waals surface area contributed by atoms with Crippen LogP contribution in [0, 0.1) is 5.92 Å². The smallest absolute Gasteiger partial charge is 0.341 e. The Morgan fingerprint density at radius 3 is 2.37 bits per heavy atom. The number of aliphatic carboxylic acids is 1. The van der Waals surface area contributed by atoms with Crippen molar-refractivity contribution < 1.29 is 23.1 Å². The van der Waals surface area contributed by atoms with Gasteiger partial charge in [-0.05, 0) is 30.2 Å². The number of hydrogen-bond donors (Lipinski definition) is 2. The number of carbonyl (C=O) groups is 1. The van der Waals surface area contributed by atoms with Crippen molar-refractivity contribution in [3.63, 3.8) is 0 Å². The van der Waals surface area contributed by atoms with Gasteiger partial charge in [0.2, 0.25) is 10.0 Å². The summed E-state index contributed by atoms with van der Waals surface area (Å²) in [5.74, 6) is -0.562. The molecule has 0 aliphatic carbocycles. The Balaban J connectivity index is 2.72. The summed E-state index contributed by atoms with van der Waals surface area (Å²) >= 11 is 0. The van der Waals surface area contributed by atoms with E-state index in [0.717, 1.165) is 0 Å². The van der Waals surface area contributed by atoms with E-state index in [2.05, 4.69) is 4.72 Å². The van der Waals surface area contributed by atoms with Crippen molar-refractivity contribution in [2.45, 2.75) is 18.7 Å². The van der Waals surface area contributed by atoms with Gasteiger partial charge < -0.3 is 9.84 Å². The minimum atomic E-state index is -3.53. The number of carboxylic acid groups (broad SMARTS) is 1. The van der Waals surface area contributed by atoms with Gasteiger partial charge in [0, 0.05) is 6.54 Å². The fourth-order valence-electron chi connectivity index (χ4n) is 1.22. The van der Waals surface area contributed by atoms with Gasteiger partial charge in [-0.15, -0.1) is 0 Å². The van der Waals surface area contributed by atoms with Crippen molar-refractivity contribution in [3.05, 3.63) is 24.3 Å². The molecule has 1 aromatic carbocycles. The lowest BCUT2D eigenvalue weighted by Gasteiger charge is -2.09. The standard InChI is InChI=1S/C12H17NO5S/c1-9(2)7-13-19(16,17)11-5-3-10(4-6-11)18-8-12(14)15/h3-6,9,13H,7-8H2,1-2H3,(H,14,15). The Labute approximate surface area is 112 Å². The van der Waals surface area contributed by atoms with Gasteiger partial charge in [-0.3, -0.25) is 0 Å². The molecular formula is C12H17NO5S. The van der Waals surface area contributed by atoms with Gasteiger partial charge in [0.1, 0.15) is 5.75 Å². The van der Waals surface area contributed by atoms with Gasteiger partial charge in [0.05, 0.1) is 4.90 Å². The molecular weight excluding hydrogens is 270 g/mol. The monoisotopic (exact) mass is 287 g/mol. The summed E-state index contributed by atoms with van der Waals surface area (Å²) in [4.78, 5) is 10.4. The second-order valence-corrected chi connectivity index (χ2v) is 6.17. The third-order valence-corrected chi connectivity index (χ3v) is 3.62. The maximum atomic E-state index is 11.9. The summed E-state index contributed by atoms with van der Waals surface area (Å²) < 4.78 is 31.1. The molecule has 106 valence electrons. The third-order valence-electron chi connectivity index (χ3n) is 2.18. The molecule has 1 rings (SSSR count). The molecule has 0 saturated carbocycles. The number of nitrogens with one attached hydrogen (secondary N) is 1. The van der Waals surface area contributed by atoms with Crippen LogP contribution in [0.1, 0.15) is 13.8 Å². The van der Waals surface area contributed by atoms with E-state index < -0.39 is 22.6 Å². The van der Waals surface area contributed by atoms with E-state index in [1.54, 1.807) is 0 Å². The predicted octanol–water partition coefficient (Wildman–Crippen LogP) is 1.08. The Kier molecular flexibility index (Phi) is 5.31. The molecule has 6 nitrogen and oxygen atoms in total. The highest BCUT2D eigenvalue weighted by Gasteiger charge is 2.14. The zero-order valence-electron chi connectivity index (χ0n) is 10.8. The quantitative estimate of drug-likeness (QED) is 0.783. The molecule has 0 heterocycles. The van der Waals surface area contributed by atoms with E-state index in [1.165, 1.54) is 24.3 Å². The number of ether oxygens (including phenoxy) is 1. The molecule has 0 amide bonds. The average Bonchev–Trinajstić information content (AvgIpc) is 2.34. The first kappa shape index (κ1) is 15.5. The maximum absolute atomic E-state index is 11.9. The second-order valence-electron chi connectivity index (χ2n) is 4.40. The van der Waals surface area contributed by atoms with Gasteiger partial charge in [0.15, 0.2) is 6.61 Å². The Morgan fingerprint density at radius 1 is 1.32 bits per heavy atom. The third kappa shape index (κ3) is 5.27. The van der Waals surface area contributed by atoms with Crippen molar-refractivity contribution in [2.24, 2.45) is 5.92 Å². The first-order valence-electron chi connectivity index (χ1n) is 5.75. The average molecular weight is 287 g/mol. The van der Waals surface area contributed by atoms with Gasteiger partial charge in [0.25, 0.3) is 0 Å². The van der Waals surface area contributed by atoms with E-state index in [-0.39, 0.29) is 10.8 Å². The molecule has 0 aliphatic rings. The second kappa shape index (κ2) is 6.53. The van der Waals surface area contributed by atoms with Crippen LogP contribution in [0.25, 0.3) is 0 Å². The Hall–Kier alpha value is -1.60. The van der Waals surface area contributed by atoms with Crippen LogP contribution in [0.5, 0.6) is 5.75 Å². The highest BCUT2D eigenvalue weighted by molar-refractivity contribution is 7.89. The molecule has 0 radical (unpaired) electrons. The fraction of sp³-hybridized carbons (Fsp3) is 0.417. The molecule has 2 N–H and O–H groups in total. The highest BCUT2D eigenvalue weighted by Crippen LogP contribution is 2.15. The lowest BCUT2D eigenvalue weighted by Crippen LogP contribution is -2.27. The van der Waals surface area contributed by atoms with E-state index in [1.807, 2.05) is 13.8 Å². The molecule has 1 aromatic rings. The van der Waals surface area contributed by atoms with Crippen LogP contribution in [0.4, 0.5) is 0 Å². The molecule has 19 heavy (non-hydrogen) atoms. The topological polar surface area (TPSA) is 92.7 Å². The Bertz CT molecular complexity index is 522. The Morgan fingerprint density at radius 2 is 1.89 bits per heavy atom. The normalized spacial score (nSPS) is 11.5. The van der Waals surface area contributed by atoms with E-state index in [9.17, 15) is 13.2 Å². The van der Waals surface area contributed by atoms with Gasteiger partial charge in [-0.1, -0.05) is 13.8 Å². The summed E-state index contributed by atoms with van der Waals surface area (Å²) in [7, 11) is -3.53. The summed E-state index contributed by atoms with van der Waals surface area (Å²) in [6.07, 6.45) is 0. The van der Waals surface area contributed by atoms with Crippen LogP contribution in [0.2, 0.25) is 0 Å². The van der Waals surface area contributed by atoms with Crippen molar-refractivity contribution in [2.75, 3.05) is 13.2 Å². The van der Waals surface area contributed by atoms with Crippen LogP contribution in [-0.4, -0.2) is 32.6 Å². The molecule has 0 spiro atoms. The van der Waals surface area contributed by atoms with Gasteiger partial charge in [-0.2, -0.15) is 0 Å². The lowest BCUT2D eigenvalue weighted by molar-refractivity contribution is -0.139. The predicted molar refractivity (Wildman–Crippen MR) is 69.6 cm³/mol. The van der Waals surface area contributed by atoms with Crippen LogP contribution in [0.3, 0.4) is 0 Å². The van der Waals surface area contributed by atoms with Gasteiger partial charge in [-0.25, -0.2) is 17.9 Å². The maximum Gasteiger partial charge on any atom is 0.341 e. The number of carboxylic acids is 1. The number of sulfonamides is 1. The summed E-state index contributed by atoms with van der Waals surface area (Å²) in [5.41, 5.74) is 0. The summed E-state index contributed by atoms with van der Waals surface area (Å²) in [6, 6.07) is 5.60. The lowest BCUT2D eigenvalue weighted by atomic mass is 10.2. The minimum absolute atomic E-state index is 0.121. The van der Waals surface area contributed by atoms with Crippen molar-refractivity contribution in [1.82, 2.24) is 4.72 Å². The van der Waals surface area contributed by atoms with E-state index >= 15 is 0 Å². The molecule has 0 bridgehead atoms. The number of rotatable bonds is 7. The number of hydrogen-bond acceptors (Lipinski definition) is 4. The van der Waals surface area contributed by atoms with E-state index in [0.29, 0.717) is 12.3 Å². The molecule has 0 aromatic heterocycles. The molecule has 0 aliphatic heterocycles. The van der Waals surface area contributed by atoms with Crippen LogP contribution in [-0.2, 0) is 14.8 Å². The SMILES string of the molecule is CC(C)CNS(=O)(=O)c1ccc(OCC(=O)O)cc1. The van der Waals surface area contributed by atoms with Crippen molar-refractivity contribution in [1.29, 1.82) is 0 Å². The van der Waals surface area contributed by atoms with E-state index in [4.69, 9.17) is 9.84 Å². The fourth-order valence-corrected chi connectivity index (χ4v) is 2.43. The minimum Gasteiger partial charge on any atom is -0.482 e. The van der Waals surface area contributed by atoms with Crippen LogP contribution in [0.15, 0.2) is 29.2 Å². The summed E-state index contributed by atoms with van der Waals surface area (Å²) in [6.45, 7) is 3.72. The first-order chi connectivity index (χ1) is 8.81. The number of benzene rings is 1. The largest absolute Gasteiger partial charge is 0.482 e. The molecule has 0 unspecified atom stereocenters. The van der Waals surface area contributed by atoms with Crippen LogP contribution < -0.4 is 9.46 Å². The summed E-state index contributed by atoms with van der Waals surface area (Å²) in [5, 5.41) is 8.45. The van der Waals surface area contributed by atoms with Crippen molar-refractivity contribution >= 4 is 16.0 Å². The molecule has 0 saturated heterocycles. The zero-order valence-corrected chi connectivity index (χ0v) is 11.6. The van der Waals surface area contributed by atoms with Crippen molar-refractivity contribution in [3.8, 4) is 5.75 Å². The highest BCUT2D eigenvalue weighted by atomic mass is 32.2. The molecule has 0 fully saturated rings. The van der Waals surface area contributed by atoms with Gasteiger partial charge >= 0.3 is 5.97 Å².